The summed E-state index contributed by atoms with van der Waals surface area (Å²) in [6.07, 6.45) is 12.4. The zero-order valence-corrected chi connectivity index (χ0v) is 7.37. The molecule has 1 spiro atoms. The molecule has 2 aliphatic carbocycles. The molecule has 0 N–H and O–H groups in total. The predicted molar refractivity (Wildman–Crippen MR) is 47.9 cm³/mol. The van der Waals surface area contributed by atoms with Gasteiger partial charge in [0.05, 0.1) is 0 Å². The van der Waals surface area contributed by atoms with Gasteiger partial charge in [0.15, 0.2) is 0 Å². The van der Waals surface area contributed by atoms with E-state index in [1.165, 1.54) is 32.1 Å². The minimum atomic E-state index is 0.720. The second-order valence-electron chi connectivity index (χ2n) is 4.95. The standard InChI is InChI=1S/C11H15N/c1-2-6-11-8-4-5-9(7-8)12(11)10(11)3-1/h4-5,8-10H,1-3,6-7H2/t8?,9?,10?,11-,12?/m0/s1. The van der Waals surface area contributed by atoms with Crippen LogP contribution in [0.4, 0.5) is 0 Å². The molecule has 1 nitrogen and oxygen atoms in total. The number of hydrogen-bond acceptors (Lipinski definition) is 1. The van der Waals surface area contributed by atoms with Gasteiger partial charge < -0.3 is 0 Å². The Morgan fingerprint density at radius 3 is 3.25 bits per heavy atom. The first kappa shape index (κ1) is 6.20. The van der Waals surface area contributed by atoms with Gasteiger partial charge in [-0.15, -0.1) is 0 Å². The maximum absolute atomic E-state index is 2.82. The Bertz CT molecular complexity index is 270. The number of rotatable bonds is 0. The van der Waals surface area contributed by atoms with Gasteiger partial charge in [-0.3, -0.25) is 4.90 Å². The summed E-state index contributed by atoms with van der Waals surface area (Å²) in [5.74, 6) is 0.952. The molecule has 5 atom stereocenters. The van der Waals surface area contributed by atoms with Crippen LogP contribution in [0, 0.1) is 5.92 Å². The second-order valence-corrected chi connectivity index (χ2v) is 4.95. The van der Waals surface area contributed by atoms with Crippen LogP contribution in [0.3, 0.4) is 0 Å². The van der Waals surface area contributed by atoms with Gasteiger partial charge in [0.1, 0.15) is 0 Å². The van der Waals surface area contributed by atoms with Crippen molar-refractivity contribution in [1.82, 2.24) is 4.90 Å². The Hall–Kier alpha value is -0.300. The summed E-state index contributed by atoms with van der Waals surface area (Å²) in [4.78, 5) is 2.82. The molecule has 4 unspecified atom stereocenters. The highest BCUT2D eigenvalue weighted by Crippen LogP contribution is 2.65. The van der Waals surface area contributed by atoms with E-state index in [0.29, 0.717) is 0 Å². The first-order valence-corrected chi connectivity index (χ1v) is 5.40. The Kier molecular flexibility index (Phi) is 0.852. The van der Waals surface area contributed by atoms with Crippen LogP contribution in [0.1, 0.15) is 32.1 Å². The van der Waals surface area contributed by atoms with Crippen LogP contribution in [0.15, 0.2) is 12.2 Å². The van der Waals surface area contributed by atoms with Gasteiger partial charge in [-0.2, -0.15) is 0 Å². The van der Waals surface area contributed by atoms with Gasteiger partial charge in [0.2, 0.25) is 0 Å². The summed E-state index contributed by atoms with van der Waals surface area (Å²) in [5, 5.41) is 0. The van der Waals surface area contributed by atoms with Crippen molar-refractivity contribution in [1.29, 1.82) is 0 Å². The molecule has 1 saturated carbocycles. The number of fused-ring (bicyclic) bond motifs is 4. The fourth-order valence-electron chi connectivity index (χ4n) is 4.29. The lowest BCUT2D eigenvalue weighted by molar-refractivity contribution is 0.371. The van der Waals surface area contributed by atoms with E-state index in [2.05, 4.69) is 17.1 Å². The van der Waals surface area contributed by atoms with Crippen molar-refractivity contribution < 1.29 is 0 Å². The van der Waals surface area contributed by atoms with E-state index in [1.807, 2.05) is 0 Å². The molecule has 2 bridgehead atoms. The molecule has 1 heteroatoms. The van der Waals surface area contributed by atoms with Crippen LogP contribution in [0.2, 0.25) is 0 Å². The zero-order valence-electron chi connectivity index (χ0n) is 7.37. The number of nitrogens with zero attached hydrogens (tertiary/aromatic N) is 1. The maximum atomic E-state index is 2.82. The third-order valence-corrected chi connectivity index (χ3v) is 4.69. The fraction of sp³-hybridized carbons (Fsp3) is 0.818. The molecular formula is C11H15N. The lowest BCUT2D eigenvalue weighted by Gasteiger charge is -2.23. The van der Waals surface area contributed by atoms with Crippen molar-refractivity contribution in [2.24, 2.45) is 5.92 Å². The van der Waals surface area contributed by atoms with Gasteiger partial charge in [-0.25, -0.2) is 0 Å². The summed E-state index contributed by atoms with van der Waals surface area (Å²) >= 11 is 0. The summed E-state index contributed by atoms with van der Waals surface area (Å²) < 4.78 is 0. The summed E-state index contributed by atoms with van der Waals surface area (Å²) in [6, 6.07) is 1.86. The molecule has 0 radical (unpaired) electrons. The number of piperidine rings is 1. The van der Waals surface area contributed by atoms with Gasteiger partial charge in [0, 0.05) is 17.6 Å². The highest BCUT2D eigenvalue weighted by molar-refractivity contribution is 5.37. The molecule has 64 valence electrons. The zero-order chi connectivity index (χ0) is 7.76. The van der Waals surface area contributed by atoms with E-state index in [1.54, 1.807) is 0 Å². The minimum absolute atomic E-state index is 0.720. The Morgan fingerprint density at radius 2 is 2.25 bits per heavy atom. The largest absolute Gasteiger partial charge is 0.284 e. The Morgan fingerprint density at radius 1 is 1.25 bits per heavy atom. The highest BCUT2D eigenvalue weighted by Gasteiger charge is 2.72. The minimum Gasteiger partial charge on any atom is -0.284 e. The van der Waals surface area contributed by atoms with Crippen LogP contribution in [0.5, 0.6) is 0 Å². The molecule has 2 saturated heterocycles. The second kappa shape index (κ2) is 1.65. The third kappa shape index (κ3) is 0.443. The molecule has 0 aromatic carbocycles. The van der Waals surface area contributed by atoms with Gasteiger partial charge in [0.25, 0.3) is 0 Å². The first-order valence-electron chi connectivity index (χ1n) is 5.40. The molecule has 0 amide bonds. The van der Waals surface area contributed by atoms with Crippen LogP contribution in [-0.4, -0.2) is 22.5 Å². The average molecular weight is 161 g/mol. The quantitative estimate of drug-likeness (QED) is 0.387. The summed E-state index contributed by atoms with van der Waals surface area (Å²) in [5.41, 5.74) is 0.720. The first-order chi connectivity index (χ1) is 5.93. The third-order valence-electron chi connectivity index (χ3n) is 4.69. The smallest absolute Gasteiger partial charge is 0.0437 e. The summed E-state index contributed by atoms with van der Waals surface area (Å²) in [6.45, 7) is 0. The Labute approximate surface area is 73.4 Å². The van der Waals surface area contributed by atoms with Crippen molar-refractivity contribution in [3.05, 3.63) is 12.2 Å². The topological polar surface area (TPSA) is 3.01 Å². The van der Waals surface area contributed by atoms with Crippen molar-refractivity contribution in [3.63, 3.8) is 0 Å². The monoisotopic (exact) mass is 161 g/mol. The highest BCUT2D eigenvalue weighted by atomic mass is 15.5. The molecule has 12 heavy (non-hydrogen) atoms. The fourth-order valence-corrected chi connectivity index (χ4v) is 4.29. The molecular weight excluding hydrogens is 146 g/mol. The van der Waals surface area contributed by atoms with E-state index in [-0.39, 0.29) is 0 Å². The van der Waals surface area contributed by atoms with Crippen LogP contribution in [0.25, 0.3) is 0 Å². The molecule has 0 aromatic heterocycles. The van der Waals surface area contributed by atoms with E-state index in [4.69, 9.17) is 0 Å². The molecule has 0 aromatic rings. The van der Waals surface area contributed by atoms with E-state index in [0.717, 1.165) is 23.5 Å². The van der Waals surface area contributed by atoms with Crippen molar-refractivity contribution in [2.45, 2.75) is 49.7 Å². The lowest BCUT2D eigenvalue weighted by Crippen LogP contribution is -2.26. The molecule has 2 aliphatic heterocycles. The van der Waals surface area contributed by atoms with E-state index < -0.39 is 0 Å². The van der Waals surface area contributed by atoms with E-state index >= 15 is 0 Å². The predicted octanol–water partition coefficient (Wildman–Crippen LogP) is 1.94. The maximum Gasteiger partial charge on any atom is 0.0437 e. The Balaban J connectivity index is 1.80. The molecule has 4 rings (SSSR count). The van der Waals surface area contributed by atoms with Crippen molar-refractivity contribution in [2.75, 3.05) is 0 Å². The van der Waals surface area contributed by atoms with E-state index in [9.17, 15) is 0 Å². The lowest BCUT2D eigenvalue weighted by atomic mass is 9.80. The van der Waals surface area contributed by atoms with Crippen molar-refractivity contribution >= 4 is 0 Å². The molecule has 4 aliphatic rings. The van der Waals surface area contributed by atoms with Gasteiger partial charge in [-0.05, 0) is 25.2 Å². The van der Waals surface area contributed by atoms with Gasteiger partial charge >= 0.3 is 0 Å². The van der Waals surface area contributed by atoms with Crippen LogP contribution < -0.4 is 0 Å². The SMILES string of the molecule is C1=CC2CC1N1C3CCCC[C@]231. The van der Waals surface area contributed by atoms with Gasteiger partial charge in [-0.1, -0.05) is 25.0 Å². The normalized spacial score (nSPS) is 64.7. The average Bonchev–Trinajstić information content (AvgIpc) is 2.47. The molecule has 3 fully saturated rings. The van der Waals surface area contributed by atoms with Crippen LogP contribution in [-0.2, 0) is 0 Å². The van der Waals surface area contributed by atoms with Crippen molar-refractivity contribution in [3.8, 4) is 0 Å². The number of hydrogen-bond donors (Lipinski definition) is 0. The summed E-state index contributed by atoms with van der Waals surface area (Å²) in [7, 11) is 0. The van der Waals surface area contributed by atoms with Crippen LogP contribution >= 0.6 is 0 Å². The molecule has 2 heterocycles.